The Balaban J connectivity index is 1.70. The number of nitro groups is 1. The van der Waals surface area contributed by atoms with E-state index in [4.69, 9.17) is 4.99 Å². The highest BCUT2D eigenvalue weighted by molar-refractivity contribution is 6.14. The summed E-state index contributed by atoms with van der Waals surface area (Å²) in [5.74, 6) is -0.0787. The van der Waals surface area contributed by atoms with Crippen molar-refractivity contribution >= 4 is 28.7 Å². The van der Waals surface area contributed by atoms with E-state index in [1.807, 2.05) is 24.3 Å². The second kappa shape index (κ2) is 6.12. The summed E-state index contributed by atoms with van der Waals surface area (Å²) in [6.45, 7) is 0.382. The fourth-order valence-corrected chi connectivity index (χ4v) is 3.55. The predicted octanol–water partition coefficient (Wildman–Crippen LogP) is 4.01. The van der Waals surface area contributed by atoms with Crippen molar-refractivity contribution in [1.29, 1.82) is 0 Å². The van der Waals surface area contributed by atoms with Crippen molar-refractivity contribution in [3.05, 3.63) is 64.2 Å². The Morgan fingerprint density at radius 1 is 1.16 bits per heavy atom. The van der Waals surface area contributed by atoms with Gasteiger partial charge in [-0.1, -0.05) is 24.3 Å². The number of aliphatic imine (C=N–C) groups is 1. The lowest BCUT2D eigenvalue weighted by molar-refractivity contribution is -0.384. The standard InChI is InChI=1S/C19H17N3O3/c23-19-15-4-3-6-16(15)20-17-5-1-2-7-18(17)21(19)12-13-8-10-14(11-9-13)22(24)25/h1-2,5,7-11,15H,3-4,6,12H2. The lowest BCUT2D eigenvalue weighted by atomic mass is 10.0. The molecule has 2 aromatic carbocycles. The maximum absolute atomic E-state index is 13.1. The zero-order valence-corrected chi connectivity index (χ0v) is 13.6. The van der Waals surface area contributed by atoms with Gasteiger partial charge in [-0.05, 0) is 37.0 Å². The molecular formula is C19H17N3O3. The molecule has 6 heteroatoms. The average molecular weight is 335 g/mol. The van der Waals surface area contributed by atoms with Gasteiger partial charge >= 0.3 is 0 Å². The van der Waals surface area contributed by atoms with Crippen LogP contribution in [-0.4, -0.2) is 16.5 Å². The second-order valence-corrected chi connectivity index (χ2v) is 6.38. The summed E-state index contributed by atoms with van der Waals surface area (Å²) in [5, 5.41) is 10.8. The number of rotatable bonds is 3. The monoisotopic (exact) mass is 335 g/mol. The molecular weight excluding hydrogens is 318 g/mol. The number of anilines is 1. The van der Waals surface area contributed by atoms with Crippen molar-refractivity contribution in [3.63, 3.8) is 0 Å². The Morgan fingerprint density at radius 3 is 2.68 bits per heavy atom. The van der Waals surface area contributed by atoms with Crippen molar-refractivity contribution in [2.45, 2.75) is 25.8 Å². The number of amides is 1. The van der Waals surface area contributed by atoms with E-state index in [0.717, 1.165) is 41.9 Å². The maximum atomic E-state index is 13.1. The molecule has 0 spiro atoms. The Hall–Kier alpha value is -3.02. The van der Waals surface area contributed by atoms with Crippen molar-refractivity contribution in [2.24, 2.45) is 10.9 Å². The minimum absolute atomic E-state index is 0.0488. The molecule has 1 atom stereocenters. The average Bonchev–Trinajstić information content (AvgIpc) is 3.04. The lowest BCUT2D eigenvalue weighted by Gasteiger charge is -2.25. The third-order valence-electron chi connectivity index (χ3n) is 4.82. The molecule has 0 saturated heterocycles. The molecule has 1 unspecified atom stereocenters. The number of nitro benzene ring substituents is 1. The normalized spacial score (nSPS) is 19.0. The van der Waals surface area contributed by atoms with E-state index in [9.17, 15) is 14.9 Å². The Morgan fingerprint density at radius 2 is 1.92 bits per heavy atom. The van der Waals surface area contributed by atoms with Gasteiger partial charge in [-0.2, -0.15) is 0 Å². The SMILES string of the molecule is O=C1C2CCCC2=Nc2ccccc2N1Cc1ccc([N+](=O)[O-])cc1. The first-order chi connectivity index (χ1) is 12.1. The van der Waals surface area contributed by atoms with Gasteiger partial charge in [-0.15, -0.1) is 0 Å². The Kier molecular flexibility index (Phi) is 3.80. The zero-order chi connectivity index (χ0) is 17.4. The van der Waals surface area contributed by atoms with Gasteiger partial charge < -0.3 is 4.90 Å². The van der Waals surface area contributed by atoms with E-state index in [0.29, 0.717) is 6.54 Å². The Bertz CT molecular complexity index is 874. The molecule has 0 aromatic heterocycles. The molecule has 0 N–H and O–H groups in total. The van der Waals surface area contributed by atoms with Crippen LogP contribution in [0, 0.1) is 16.0 Å². The molecule has 1 heterocycles. The van der Waals surface area contributed by atoms with Gasteiger partial charge in [0.15, 0.2) is 0 Å². The van der Waals surface area contributed by atoms with Crippen LogP contribution in [0.15, 0.2) is 53.5 Å². The lowest BCUT2D eigenvalue weighted by Crippen LogP contribution is -2.36. The summed E-state index contributed by atoms with van der Waals surface area (Å²) in [4.78, 5) is 30.0. The number of nitrogens with zero attached hydrogens (tertiary/aromatic N) is 3. The highest BCUT2D eigenvalue weighted by atomic mass is 16.6. The first kappa shape index (κ1) is 15.5. The van der Waals surface area contributed by atoms with E-state index in [1.54, 1.807) is 17.0 Å². The van der Waals surface area contributed by atoms with Crippen LogP contribution < -0.4 is 4.90 Å². The number of hydrogen-bond acceptors (Lipinski definition) is 4. The molecule has 4 rings (SSSR count). The van der Waals surface area contributed by atoms with Crippen LogP contribution in [0.25, 0.3) is 0 Å². The van der Waals surface area contributed by atoms with Gasteiger partial charge in [0.25, 0.3) is 5.69 Å². The minimum atomic E-state index is -0.422. The van der Waals surface area contributed by atoms with Crippen LogP contribution in [0.5, 0.6) is 0 Å². The molecule has 1 fully saturated rings. The summed E-state index contributed by atoms with van der Waals surface area (Å²) in [6.07, 6.45) is 2.70. The Labute approximate surface area is 145 Å². The van der Waals surface area contributed by atoms with E-state index in [-0.39, 0.29) is 17.5 Å². The first-order valence-corrected chi connectivity index (χ1v) is 8.34. The van der Waals surface area contributed by atoms with Gasteiger partial charge in [0.1, 0.15) is 0 Å². The second-order valence-electron chi connectivity index (χ2n) is 6.38. The number of hydrogen-bond donors (Lipinski definition) is 0. The number of carbonyl (C=O) groups is 1. The molecule has 1 saturated carbocycles. The largest absolute Gasteiger partial charge is 0.305 e. The number of fused-ring (bicyclic) bond motifs is 2. The maximum Gasteiger partial charge on any atom is 0.269 e. The molecule has 2 aromatic rings. The molecule has 1 amide bonds. The number of para-hydroxylation sites is 2. The molecule has 1 aliphatic carbocycles. The van der Waals surface area contributed by atoms with Gasteiger partial charge in [-0.25, -0.2) is 0 Å². The summed E-state index contributed by atoms with van der Waals surface area (Å²) in [6, 6.07) is 14.0. The predicted molar refractivity (Wildman–Crippen MR) is 95.2 cm³/mol. The molecule has 0 radical (unpaired) electrons. The number of benzene rings is 2. The summed E-state index contributed by atoms with van der Waals surface area (Å²) in [5.41, 5.74) is 3.50. The third kappa shape index (κ3) is 2.80. The fourth-order valence-electron chi connectivity index (χ4n) is 3.55. The smallest absolute Gasteiger partial charge is 0.269 e. The highest BCUT2D eigenvalue weighted by Crippen LogP contribution is 2.38. The van der Waals surface area contributed by atoms with Crippen molar-refractivity contribution in [1.82, 2.24) is 0 Å². The van der Waals surface area contributed by atoms with Crippen LogP contribution in [-0.2, 0) is 11.3 Å². The van der Waals surface area contributed by atoms with Crippen LogP contribution in [0.3, 0.4) is 0 Å². The minimum Gasteiger partial charge on any atom is -0.305 e. The molecule has 126 valence electrons. The van der Waals surface area contributed by atoms with Crippen molar-refractivity contribution < 1.29 is 9.72 Å². The number of non-ortho nitro benzene ring substituents is 1. The summed E-state index contributed by atoms with van der Waals surface area (Å²) >= 11 is 0. The summed E-state index contributed by atoms with van der Waals surface area (Å²) < 4.78 is 0. The van der Waals surface area contributed by atoms with E-state index in [1.165, 1.54) is 12.1 Å². The fraction of sp³-hybridized carbons (Fsp3) is 0.263. The molecule has 2 aliphatic rings. The van der Waals surface area contributed by atoms with Crippen LogP contribution in [0.2, 0.25) is 0 Å². The van der Waals surface area contributed by atoms with Crippen molar-refractivity contribution in [2.75, 3.05) is 4.90 Å². The van der Waals surface area contributed by atoms with E-state index >= 15 is 0 Å². The number of carbonyl (C=O) groups excluding carboxylic acids is 1. The quantitative estimate of drug-likeness (QED) is 0.628. The van der Waals surface area contributed by atoms with Crippen molar-refractivity contribution in [3.8, 4) is 0 Å². The van der Waals surface area contributed by atoms with Crippen LogP contribution in [0.1, 0.15) is 24.8 Å². The third-order valence-corrected chi connectivity index (χ3v) is 4.82. The molecule has 0 bridgehead atoms. The molecule has 1 aliphatic heterocycles. The van der Waals surface area contributed by atoms with Crippen LogP contribution in [0.4, 0.5) is 17.1 Å². The molecule has 6 nitrogen and oxygen atoms in total. The zero-order valence-electron chi connectivity index (χ0n) is 13.6. The molecule has 25 heavy (non-hydrogen) atoms. The van der Waals surface area contributed by atoms with Gasteiger partial charge in [0.05, 0.1) is 28.8 Å². The van der Waals surface area contributed by atoms with E-state index in [2.05, 4.69) is 0 Å². The van der Waals surface area contributed by atoms with E-state index < -0.39 is 4.92 Å². The van der Waals surface area contributed by atoms with Gasteiger partial charge in [0, 0.05) is 17.8 Å². The van der Waals surface area contributed by atoms with Gasteiger partial charge in [-0.3, -0.25) is 19.9 Å². The summed E-state index contributed by atoms with van der Waals surface area (Å²) in [7, 11) is 0. The first-order valence-electron chi connectivity index (χ1n) is 8.34. The highest BCUT2D eigenvalue weighted by Gasteiger charge is 2.36. The van der Waals surface area contributed by atoms with Crippen LogP contribution >= 0.6 is 0 Å². The topological polar surface area (TPSA) is 75.8 Å². The van der Waals surface area contributed by atoms with Gasteiger partial charge in [0.2, 0.25) is 5.91 Å².